The highest BCUT2D eigenvalue weighted by atomic mass is 32.2. The lowest BCUT2D eigenvalue weighted by atomic mass is 9.92. The normalized spacial score (nSPS) is 19.8. The fraction of sp³-hybridized carbons (Fsp3) is 0.267. The van der Waals surface area contributed by atoms with Crippen LogP contribution in [0.1, 0.15) is 17.5 Å². The molecule has 1 aliphatic heterocycles. The van der Waals surface area contributed by atoms with Crippen molar-refractivity contribution >= 4 is 40.9 Å². The Morgan fingerprint density at radius 3 is 2.68 bits per heavy atom. The van der Waals surface area contributed by atoms with Gasteiger partial charge in [-0.05, 0) is 19.4 Å². The summed E-state index contributed by atoms with van der Waals surface area (Å²) in [6.45, 7) is 3.42. The van der Waals surface area contributed by atoms with E-state index in [1.54, 1.807) is 31.2 Å². The Balaban J connectivity index is 1.65. The van der Waals surface area contributed by atoms with Gasteiger partial charge in [-0.15, -0.1) is 10.2 Å². The van der Waals surface area contributed by atoms with Gasteiger partial charge in [0.15, 0.2) is 4.34 Å². The maximum atomic E-state index is 12.7. The van der Waals surface area contributed by atoms with Gasteiger partial charge in [0.1, 0.15) is 10.5 Å². The number of aryl methyl sites for hydroxylation is 1. The van der Waals surface area contributed by atoms with E-state index in [1.807, 2.05) is 13.0 Å². The van der Waals surface area contributed by atoms with Crippen LogP contribution in [0.25, 0.3) is 0 Å². The molecule has 1 aromatic carbocycles. The van der Waals surface area contributed by atoms with Crippen molar-refractivity contribution in [2.24, 2.45) is 0 Å². The zero-order valence-corrected chi connectivity index (χ0v) is 15.1. The number of hydrogen-bond donors (Lipinski definition) is 2. The van der Waals surface area contributed by atoms with Gasteiger partial charge in [-0.3, -0.25) is 15.0 Å². The van der Waals surface area contributed by atoms with Crippen molar-refractivity contribution in [2.75, 3.05) is 5.75 Å². The Labute approximate surface area is 152 Å². The fourth-order valence-corrected chi connectivity index (χ4v) is 3.94. The van der Waals surface area contributed by atoms with Gasteiger partial charge in [-0.2, -0.15) is 5.01 Å². The highest BCUT2D eigenvalue weighted by molar-refractivity contribution is 8.01. The van der Waals surface area contributed by atoms with Gasteiger partial charge >= 0.3 is 6.03 Å². The number of carbonyl (C=O) groups excluding carboxylic acids is 3. The van der Waals surface area contributed by atoms with E-state index in [0.29, 0.717) is 9.90 Å². The average Bonchev–Trinajstić information content (AvgIpc) is 3.11. The minimum Gasteiger partial charge on any atom is -0.318 e. The number of amides is 4. The molecule has 1 aliphatic rings. The second kappa shape index (κ2) is 6.81. The number of rotatable bonds is 5. The molecule has 0 saturated carbocycles. The Bertz CT molecular complexity index is 826. The molecule has 25 heavy (non-hydrogen) atoms. The number of hydrazine groups is 1. The van der Waals surface area contributed by atoms with Gasteiger partial charge in [0.05, 0.1) is 5.75 Å². The van der Waals surface area contributed by atoms with Crippen LogP contribution in [0.15, 0.2) is 34.7 Å². The van der Waals surface area contributed by atoms with Crippen molar-refractivity contribution in [3.05, 3.63) is 40.9 Å². The third-order valence-electron chi connectivity index (χ3n) is 3.61. The first-order valence-electron chi connectivity index (χ1n) is 7.35. The number of nitrogens with one attached hydrogen (secondary N) is 2. The third-order valence-corrected chi connectivity index (χ3v) is 5.58. The number of aromatic nitrogens is 2. The maximum absolute atomic E-state index is 12.7. The summed E-state index contributed by atoms with van der Waals surface area (Å²) in [5.74, 6) is -0.985. The monoisotopic (exact) mass is 377 g/mol. The van der Waals surface area contributed by atoms with Crippen molar-refractivity contribution in [1.29, 1.82) is 0 Å². The molecule has 2 aromatic rings. The number of imide groups is 1. The molecule has 1 saturated heterocycles. The van der Waals surface area contributed by atoms with Gasteiger partial charge in [0.25, 0.3) is 5.91 Å². The molecule has 1 aromatic heterocycles. The molecule has 1 unspecified atom stereocenters. The van der Waals surface area contributed by atoms with Crippen molar-refractivity contribution in [2.45, 2.75) is 23.7 Å². The molecule has 3 rings (SSSR count). The molecular formula is C15H15N5O3S2. The highest BCUT2D eigenvalue weighted by Gasteiger charge is 2.49. The molecule has 2 N–H and O–H groups in total. The van der Waals surface area contributed by atoms with E-state index >= 15 is 0 Å². The standard InChI is InChI=1S/C15H15N5O3S2/c1-9-17-18-14(25-9)24-8-11(21)19-20-12(22)15(2,16-13(20)23)10-6-4-3-5-7-10/h3-7H,8H2,1-2H3,(H,16,23)(H,19,21). The molecule has 1 atom stereocenters. The lowest BCUT2D eigenvalue weighted by Gasteiger charge is -2.22. The molecule has 2 heterocycles. The number of thioether (sulfide) groups is 1. The molecule has 10 heteroatoms. The lowest BCUT2D eigenvalue weighted by molar-refractivity contribution is -0.138. The maximum Gasteiger partial charge on any atom is 0.344 e. The third kappa shape index (κ3) is 3.49. The Morgan fingerprint density at radius 2 is 2.04 bits per heavy atom. The summed E-state index contributed by atoms with van der Waals surface area (Å²) in [5.41, 5.74) is 1.78. The molecule has 0 bridgehead atoms. The van der Waals surface area contributed by atoms with Crippen molar-refractivity contribution in [1.82, 2.24) is 25.9 Å². The fourth-order valence-electron chi connectivity index (χ4n) is 2.33. The number of benzene rings is 1. The predicted octanol–water partition coefficient (Wildman–Crippen LogP) is 1.44. The first kappa shape index (κ1) is 17.4. The van der Waals surface area contributed by atoms with Gasteiger partial charge in [0, 0.05) is 0 Å². The van der Waals surface area contributed by atoms with Crippen LogP contribution in [0.3, 0.4) is 0 Å². The SMILES string of the molecule is Cc1nnc(SCC(=O)NN2C(=O)NC(C)(c3ccccc3)C2=O)s1. The predicted molar refractivity (Wildman–Crippen MR) is 92.7 cm³/mol. The van der Waals surface area contributed by atoms with Crippen LogP contribution >= 0.6 is 23.1 Å². The number of hydrogen-bond acceptors (Lipinski definition) is 7. The van der Waals surface area contributed by atoms with E-state index in [9.17, 15) is 14.4 Å². The molecule has 0 spiro atoms. The van der Waals surface area contributed by atoms with Gasteiger partial charge in [-0.25, -0.2) is 4.79 Å². The zero-order chi connectivity index (χ0) is 18.0. The van der Waals surface area contributed by atoms with Crippen molar-refractivity contribution < 1.29 is 14.4 Å². The molecule has 1 fully saturated rings. The van der Waals surface area contributed by atoms with Crippen LogP contribution in [0, 0.1) is 6.92 Å². The summed E-state index contributed by atoms with van der Waals surface area (Å²) >= 11 is 2.57. The Hall–Kier alpha value is -2.46. The van der Waals surface area contributed by atoms with E-state index in [4.69, 9.17) is 0 Å². The Morgan fingerprint density at radius 1 is 1.32 bits per heavy atom. The van der Waals surface area contributed by atoms with Crippen LogP contribution in [0.2, 0.25) is 0 Å². The van der Waals surface area contributed by atoms with E-state index in [0.717, 1.165) is 10.0 Å². The minimum absolute atomic E-state index is 0.0216. The molecular weight excluding hydrogens is 362 g/mol. The summed E-state index contributed by atoms with van der Waals surface area (Å²) in [7, 11) is 0. The first-order valence-corrected chi connectivity index (χ1v) is 9.15. The van der Waals surface area contributed by atoms with Crippen LogP contribution in [0.4, 0.5) is 4.79 Å². The quantitative estimate of drug-likeness (QED) is 0.603. The topological polar surface area (TPSA) is 104 Å². The van der Waals surface area contributed by atoms with Crippen LogP contribution in [-0.2, 0) is 15.1 Å². The Kier molecular flexibility index (Phi) is 4.73. The first-order chi connectivity index (χ1) is 11.9. The second-order valence-corrected chi connectivity index (χ2v) is 7.88. The number of nitrogens with zero attached hydrogens (tertiary/aromatic N) is 3. The molecule has 4 amide bonds. The lowest BCUT2D eigenvalue weighted by Crippen LogP contribution is -2.48. The molecule has 0 radical (unpaired) electrons. The number of urea groups is 1. The largest absolute Gasteiger partial charge is 0.344 e. The molecule has 8 nitrogen and oxygen atoms in total. The summed E-state index contributed by atoms with van der Waals surface area (Å²) in [6, 6.07) is 8.21. The minimum atomic E-state index is -1.21. The van der Waals surface area contributed by atoms with E-state index < -0.39 is 23.4 Å². The van der Waals surface area contributed by atoms with Crippen LogP contribution < -0.4 is 10.7 Å². The van der Waals surface area contributed by atoms with E-state index in [-0.39, 0.29) is 5.75 Å². The smallest absolute Gasteiger partial charge is 0.318 e. The van der Waals surface area contributed by atoms with Crippen molar-refractivity contribution in [3.8, 4) is 0 Å². The second-order valence-electron chi connectivity index (χ2n) is 5.47. The van der Waals surface area contributed by atoms with Crippen LogP contribution in [0.5, 0.6) is 0 Å². The average molecular weight is 377 g/mol. The zero-order valence-electron chi connectivity index (χ0n) is 13.5. The van der Waals surface area contributed by atoms with Gasteiger partial charge in [-0.1, -0.05) is 53.4 Å². The van der Waals surface area contributed by atoms with Crippen LogP contribution in [-0.4, -0.2) is 38.8 Å². The highest BCUT2D eigenvalue weighted by Crippen LogP contribution is 2.28. The van der Waals surface area contributed by atoms with Gasteiger partial charge < -0.3 is 5.32 Å². The molecule has 130 valence electrons. The van der Waals surface area contributed by atoms with E-state index in [1.165, 1.54) is 23.1 Å². The summed E-state index contributed by atoms with van der Waals surface area (Å²) in [6.07, 6.45) is 0. The summed E-state index contributed by atoms with van der Waals surface area (Å²) in [5, 5.41) is 11.9. The summed E-state index contributed by atoms with van der Waals surface area (Å²) < 4.78 is 0.652. The van der Waals surface area contributed by atoms with Crippen molar-refractivity contribution in [3.63, 3.8) is 0 Å². The number of carbonyl (C=O) groups is 3. The summed E-state index contributed by atoms with van der Waals surface area (Å²) in [4.78, 5) is 36.9. The van der Waals surface area contributed by atoms with Gasteiger partial charge in [0.2, 0.25) is 5.91 Å². The molecule has 0 aliphatic carbocycles. The van der Waals surface area contributed by atoms with E-state index in [2.05, 4.69) is 20.9 Å².